The van der Waals surface area contributed by atoms with Gasteiger partial charge in [0.15, 0.2) is 11.0 Å². The van der Waals surface area contributed by atoms with E-state index in [2.05, 4.69) is 20.6 Å². The fourth-order valence-corrected chi connectivity index (χ4v) is 7.05. The van der Waals surface area contributed by atoms with Crippen molar-refractivity contribution in [3.63, 3.8) is 0 Å². The van der Waals surface area contributed by atoms with Gasteiger partial charge in [0.05, 0.1) is 11.6 Å². The number of pyridine rings is 2. The second-order valence-electron chi connectivity index (χ2n) is 9.14. The van der Waals surface area contributed by atoms with Crippen LogP contribution in [-0.4, -0.2) is 38.1 Å². The second kappa shape index (κ2) is 7.07. The van der Waals surface area contributed by atoms with Crippen LogP contribution >= 0.6 is 23.4 Å². The molecule has 0 radical (unpaired) electrons. The molecule has 3 aromatic rings. The topological polar surface area (TPSA) is 51.0 Å². The zero-order valence-corrected chi connectivity index (χ0v) is 19.1. The van der Waals surface area contributed by atoms with Crippen molar-refractivity contribution in [1.29, 1.82) is 0 Å². The van der Waals surface area contributed by atoms with E-state index < -0.39 is 5.82 Å². The van der Waals surface area contributed by atoms with Gasteiger partial charge in [0.2, 0.25) is 5.91 Å². The first-order valence-electron chi connectivity index (χ1n) is 11.0. The fraction of sp³-hybridized carbons (Fsp3) is 0.522. The van der Waals surface area contributed by atoms with Crippen LogP contribution in [0.15, 0.2) is 17.3 Å². The molecule has 8 heteroatoms. The summed E-state index contributed by atoms with van der Waals surface area (Å²) in [6, 6.07) is 2.67. The van der Waals surface area contributed by atoms with Crippen LogP contribution in [0.4, 0.5) is 4.39 Å². The number of fused-ring (bicyclic) bond motifs is 4. The summed E-state index contributed by atoms with van der Waals surface area (Å²) in [6.45, 7) is 2.45. The van der Waals surface area contributed by atoms with Crippen LogP contribution < -0.4 is 0 Å². The van der Waals surface area contributed by atoms with Gasteiger partial charge in [0.1, 0.15) is 10.5 Å². The van der Waals surface area contributed by atoms with E-state index in [1.807, 2.05) is 11.2 Å². The second-order valence-corrected chi connectivity index (χ2v) is 10.3. The molecule has 4 fully saturated rings. The highest BCUT2D eigenvalue weighted by Gasteiger charge is 2.49. The van der Waals surface area contributed by atoms with Gasteiger partial charge in [-0.25, -0.2) is 14.4 Å². The van der Waals surface area contributed by atoms with Crippen LogP contribution in [0.1, 0.15) is 56.8 Å². The van der Waals surface area contributed by atoms with E-state index in [0.29, 0.717) is 23.3 Å². The summed E-state index contributed by atoms with van der Waals surface area (Å²) in [5, 5.41) is 2.38. The lowest BCUT2D eigenvalue weighted by molar-refractivity contribution is -0.129. The molecule has 31 heavy (non-hydrogen) atoms. The van der Waals surface area contributed by atoms with E-state index >= 15 is 0 Å². The van der Waals surface area contributed by atoms with E-state index in [1.165, 1.54) is 36.7 Å². The molecule has 162 valence electrons. The number of hydrogen-bond acceptors (Lipinski definition) is 4. The Morgan fingerprint density at radius 2 is 2.03 bits per heavy atom. The molecule has 4 atom stereocenters. The number of hydrogen-bond donors (Lipinski definition) is 0. The van der Waals surface area contributed by atoms with Crippen LogP contribution in [0.25, 0.3) is 21.8 Å². The van der Waals surface area contributed by atoms with Crippen LogP contribution in [0, 0.1) is 17.7 Å². The highest BCUT2D eigenvalue weighted by Crippen LogP contribution is 2.59. The smallest absolute Gasteiger partial charge is 0.220 e. The predicted octanol–water partition coefficient (Wildman–Crippen LogP) is 5.75. The summed E-state index contributed by atoms with van der Waals surface area (Å²) in [4.78, 5) is 23.2. The Hall–Kier alpha value is -1.86. The maximum Gasteiger partial charge on any atom is 0.220 e. The summed E-state index contributed by atoms with van der Waals surface area (Å²) in [5.41, 5.74) is 2.46. The lowest BCUT2D eigenvalue weighted by Gasteiger charge is -2.40. The molecule has 0 spiro atoms. The third-order valence-corrected chi connectivity index (χ3v) is 8.65. The van der Waals surface area contributed by atoms with Gasteiger partial charge in [-0.1, -0.05) is 11.6 Å². The molecule has 1 unspecified atom stereocenters. The zero-order valence-electron chi connectivity index (χ0n) is 17.6. The molecule has 3 aliphatic carbocycles. The third-order valence-electron chi connectivity index (χ3n) is 7.69. The summed E-state index contributed by atoms with van der Waals surface area (Å²) in [6.07, 6.45) is 9.34. The van der Waals surface area contributed by atoms with E-state index in [9.17, 15) is 9.18 Å². The molecular weight excluding hydrogens is 435 g/mol. The van der Waals surface area contributed by atoms with Gasteiger partial charge in [-0.3, -0.25) is 4.79 Å². The molecule has 1 amide bonds. The maximum absolute atomic E-state index is 15.0. The number of aromatic nitrogens is 3. The van der Waals surface area contributed by atoms with Crippen molar-refractivity contribution in [2.45, 2.75) is 56.1 Å². The molecule has 4 heterocycles. The summed E-state index contributed by atoms with van der Waals surface area (Å²) in [5.74, 6) is 0.854. The average molecular weight is 459 g/mol. The van der Waals surface area contributed by atoms with Crippen LogP contribution in [0.3, 0.4) is 0 Å². The Kier molecular flexibility index (Phi) is 4.52. The lowest BCUT2D eigenvalue weighted by atomic mass is 9.78. The molecule has 5 nitrogen and oxygen atoms in total. The molecule has 1 aliphatic heterocycles. The molecular formula is C23H24ClFN4OS. The van der Waals surface area contributed by atoms with Crippen molar-refractivity contribution >= 4 is 51.1 Å². The lowest BCUT2D eigenvalue weighted by Crippen LogP contribution is -2.35. The van der Waals surface area contributed by atoms with Gasteiger partial charge in [-0.05, 0) is 56.3 Å². The minimum Gasteiger partial charge on any atom is -0.338 e. The number of carbonyl (C=O) groups is 1. The quantitative estimate of drug-likeness (QED) is 0.370. The van der Waals surface area contributed by atoms with Gasteiger partial charge in [-0.15, -0.1) is 11.8 Å². The Bertz CT molecular complexity index is 1230. The van der Waals surface area contributed by atoms with E-state index in [-0.39, 0.29) is 22.6 Å². The standard InChI is InChI=1S/C23H24ClFN4OS/c1-11(30)28-7-3-4-16(28)17-9-14-21(29(17)20-12-5-6-13(20)8-12)15-10-26-22(24)18(25)19(15)27-23(14)31-2/h9-10,12-13,16,20H,3-8H2,1-2H3/t12-,13+,16-,20?/m1/s1. The van der Waals surface area contributed by atoms with Crippen molar-refractivity contribution in [3.8, 4) is 0 Å². The molecule has 3 aromatic heterocycles. The zero-order chi connectivity index (χ0) is 21.4. The summed E-state index contributed by atoms with van der Waals surface area (Å²) in [7, 11) is 0. The molecule has 0 aromatic carbocycles. The molecule has 7 rings (SSSR count). The van der Waals surface area contributed by atoms with Crippen LogP contribution in [0.5, 0.6) is 0 Å². The molecule has 3 saturated carbocycles. The summed E-state index contributed by atoms with van der Waals surface area (Å²) < 4.78 is 17.4. The van der Waals surface area contributed by atoms with Gasteiger partial charge < -0.3 is 9.47 Å². The van der Waals surface area contributed by atoms with Gasteiger partial charge >= 0.3 is 0 Å². The minimum absolute atomic E-state index is 0.0553. The van der Waals surface area contributed by atoms with E-state index in [1.54, 1.807) is 13.1 Å². The first kappa shape index (κ1) is 19.8. The predicted molar refractivity (Wildman–Crippen MR) is 121 cm³/mol. The number of amides is 1. The first-order valence-corrected chi connectivity index (χ1v) is 12.6. The normalized spacial score (nSPS) is 27.4. The van der Waals surface area contributed by atoms with Gasteiger partial charge in [0.25, 0.3) is 0 Å². The number of nitrogens with zero attached hydrogens (tertiary/aromatic N) is 4. The maximum atomic E-state index is 15.0. The number of thioether (sulfide) groups is 1. The average Bonchev–Trinajstić information content (AvgIpc) is 3.52. The van der Waals surface area contributed by atoms with Crippen LogP contribution in [-0.2, 0) is 4.79 Å². The minimum atomic E-state index is -0.562. The Balaban J connectivity index is 1.70. The van der Waals surface area contributed by atoms with Gasteiger partial charge in [-0.2, -0.15) is 0 Å². The number of rotatable bonds is 3. The van der Waals surface area contributed by atoms with Gasteiger partial charge in [0, 0.05) is 42.2 Å². The molecule has 2 bridgehead atoms. The molecule has 1 saturated heterocycles. The van der Waals surface area contributed by atoms with E-state index in [4.69, 9.17) is 11.6 Å². The monoisotopic (exact) mass is 458 g/mol. The largest absolute Gasteiger partial charge is 0.338 e. The van der Waals surface area contributed by atoms with E-state index in [0.717, 1.165) is 35.3 Å². The SMILES string of the molecule is CSc1nc2c(F)c(Cl)ncc2c2c1cc([C@H]1CCCN1C(C)=O)n2C1[C@@H]2CC[C@H]1C2. The Morgan fingerprint density at radius 1 is 1.26 bits per heavy atom. The molecule has 4 aliphatic rings. The van der Waals surface area contributed by atoms with Crippen molar-refractivity contribution in [2.75, 3.05) is 12.8 Å². The Labute approximate surface area is 189 Å². The number of likely N-dealkylation sites (tertiary alicyclic amines) is 1. The highest BCUT2D eigenvalue weighted by molar-refractivity contribution is 7.98. The molecule has 0 N–H and O–H groups in total. The number of halogens is 2. The van der Waals surface area contributed by atoms with Crippen molar-refractivity contribution in [2.24, 2.45) is 11.8 Å². The Morgan fingerprint density at radius 3 is 2.71 bits per heavy atom. The van der Waals surface area contributed by atoms with Crippen molar-refractivity contribution in [3.05, 3.63) is 28.9 Å². The van der Waals surface area contributed by atoms with Crippen molar-refractivity contribution in [1.82, 2.24) is 19.4 Å². The van der Waals surface area contributed by atoms with Crippen LogP contribution in [0.2, 0.25) is 5.15 Å². The third kappa shape index (κ3) is 2.72. The number of carbonyl (C=O) groups excluding carboxylic acids is 1. The first-order chi connectivity index (χ1) is 15.0. The summed E-state index contributed by atoms with van der Waals surface area (Å²) >= 11 is 7.53. The highest BCUT2D eigenvalue weighted by atomic mass is 35.5. The fourth-order valence-electron chi connectivity index (χ4n) is 6.35. The van der Waals surface area contributed by atoms with Crippen molar-refractivity contribution < 1.29 is 9.18 Å².